The average Bonchev–Trinajstić information content (AvgIpc) is 3.06. The lowest BCUT2D eigenvalue weighted by Crippen LogP contribution is -2.30. The minimum atomic E-state index is -4.47. The third-order valence-corrected chi connectivity index (χ3v) is 4.03. The fourth-order valence-corrected chi connectivity index (χ4v) is 2.71. The number of carbonyl (C=O) groups is 2. The van der Waals surface area contributed by atoms with Crippen LogP contribution in [0.2, 0.25) is 0 Å². The molecule has 132 valence electrons. The van der Waals surface area contributed by atoms with E-state index in [1.807, 2.05) is 0 Å². The summed E-state index contributed by atoms with van der Waals surface area (Å²) in [7, 11) is 0. The second-order valence-corrected chi connectivity index (χ2v) is 5.85. The minimum absolute atomic E-state index is 0.119. The third kappa shape index (κ3) is 3.92. The Hall–Kier alpha value is -2.57. The molecular formula is C18H15F3O4. The van der Waals surface area contributed by atoms with E-state index in [4.69, 9.17) is 9.15 Å². The zero-order valence-electron chi connectivity index (χ0n) is 13.1. The summed E-state index contributed by atoms with van der Waals surface area (Å²) in [4.78, 5) is 23.8. The number of alkyl halides is 3. The molecule has 0 saturated heterocycles. The van der Waals surface area contributed by atoms with Crippen LogP contribution in [-0.2, 0) is 15.7 Å². The molecule has 0 amide bonds. The van der Waals surface area contributed by atoms with Crippen molar-refractivity contribution in [2.24, 2.45) is 0 Å². The number of hydrogen-bond donors (Lipinski definition) is 0. The molecule has 1 heterocycles. The van der Waals surface area contributed by atoms with Crippen LogP contribution < -0.4 is 0 Å². The predicted octanol–water partition coefficient (Wildman–Crippen LogP) is 4.63. The smallest absolute Gasteiger partial charge is 0.416 e. The van der Waals surface area contributed by atoms with Crippen LogP contribution in [0.5, 0.6) is 0 Å². The highest BCUT2D eigenvalue weighted by atomic mass is 19.4. The number of Topliss-reactive ketones (excluding diaryl/α,β-unsaturated/α-hetero) is 1. The molecule has 1 aliphatic rings. The summed E-state index contributed by atoms with van der Waals surface area (Å²) in [5.41, 5.74) is -0.610. The van der Waals surface area contributed by atoms with Crippen molar-refractivity contribution >= 4 is 11.8 Å². The summed E-state index contributed by atoms with van der Waals surface area (Å²) in [6.45, 7) is 0. The second-order valence-electron chi connectivity index (χ2n) is 5.85. The van der Waals surface area contributed by atoms with Gasteiger partial charge in [-0.1, -0.05) is 12.1 Å². The highest BCUT2D eigenvalue weighted by Crippen LogP contribution is 2.32. The number of esters is 1. The number of rotatable bonds is 3. The molecule has 1 atom stereocenters. The average molecular weight is 352 g/mol. The van der Waals surface area contributed by atoms with Gasteiger partial charge in [-0.05, 0) is 43.5 Å². The van der Waals surface area contributed by atoms with Crippen molar-refractivity contribution in [2.75, 3.05) is 0 Å². The molecule has 4 nitrogen and oxygen atoms in total. The Morgan fingerprint density at radius 2 is 1.96 bits per heavy atom. The lowest BCUT2D eigenvalue weighted by atomic mass is 9.96. The number of ketones is 1. The van der Waals surface area contributed by atoms with E-state index in [9.17, 15) is 22.8 Å². The van der Waals surface area contributed by atoms with Crippen LogP contribution in [0.1, 0.15) is 41.8 Å². The van der Waals surface area contributed by atoms with E-state index >= 15 is 0 Å². The van der Waals surface area contributed by atoms with Gasteiger partial charge in [-0.3, -0.25) is 4.79 Å². The van der Waals surface area contributed by atoms with Gasteiger partial charge in [0.25, 0.3) is 0 Å². The third-order valence-electron chi connectivity index (χ3n) is 4.03. The van der Waals surface area contributed by atoms with Gasteiger partial charge in [0.1, 0.15) is 5.76 Å². The van der Waals surface area contributed by atoms with Crippen molar-refractivity contribution in [1.29, 1.82) is 0 Å². The number of furan rings is 1. The van der Waals surface area contributed by atoms with Gasteiger partial charge in [-0.25, -0.2) is 4.79 Å². The molecular weight excluding hydrogens is 337 g/mol. The zero-order valence-corrected chi connectivity index (χ0v) is 13.1. The van der Waals surface area contributed by atoms with Crippen LogP contribution in [0, 0.1) is 0 Å². The first-order valence-electron chi connectivity index (χ1n) is 7.86. The van der Waals surface area contributed by atoms with E-state index in [1.54, 1.807) is 0 Å². The number of benzene rings is 1. The predicted molar refractivity (Wildman–Crippen MR) is 81.8 cm³/mol. The largest absolute Gasteiger partial charge is 0.449 e. The lowest BCUT2D eigenvalue weighted by molar-refractivity contribution is -0.137. The molecule has 0 N–H and O–H groups in total. The highest BCUT2D eigenvalue weighted by molar-refractivity contribution is 5.91. The van der Waals surface area contributed by atoms with Gasteiger partial charge in [0.2, 0.25) is 5.76 Å². The highest BCUT2D eigenvalue weighted by Gasteiger charge is 2.31. The number of hydrogen-bond acceptors (Lipinski definition) is 4. The number of ether oxygens (including phenoxy) is 1. The fourth-order valence-electron chi connectivity index (χ4n) is 2.71. The van der Waals surface area contributed by atoms with E-state index in [2.05, 4.69) is 0 Å². The molecule has 7 heteroatoms. The first kappa shape index (κ1) is 17.3. The van der Waals surface area contributed by atoms with E-state index in [-0.39, 0.29) is 22.9 Å². The summed E-state index contributed by atoms with van der Waals surface area (Å²) in [5, 5.41) is 0. The Balaban J connectivity index is 1.76. The van der Waals surface area contributed by atoms with E-state index in [1.165, 1.54) is 24.3 Å². The molecule has 0 aliphatic heterocycles. The first-order chi connectivity index (χ1) is 11.8. The van der Waals surface area contributed by atoms with Crippen LogP contribution in [0.3, 0.4) is 0 Å². The Labute approximate surface area is 141 Å². The van der Waals surface area contributed by atoms with Gasteiger partial charge >= 0.3 is 12.1 Å². The maximum Gasteiger partial charge on any atom is 0.416 e. The molecule has 0 unspecified atom stereocenters. The van der Waals surface area contributed by atoms with Gasteiger partial charge in [0.05, 0.1) is 5.56 Å². The summed E-state index contributed by atoms with van der Waals surface area (Å²) < 4.78 is 48.8. The molecule has 3 rings (SSSR count). The fraction of sp³-hybridized carbons (Fsp3) is 0.333. The Morgan fingerprint density at radius 1 is 1.16 bits per heavy atom. The summed E-state index contributed by atoms with van der Waals surface area (Å²) in [5.74, 6) is -0.943. The lowest BCUT2D eigenvalue weighted by Gasteiger charge is -2.19. The van der Waals surface area contributed by atoms with Crippen LogP contribution in [0.4, 0.5) is 13.2 Å². The Kier molecular flexibility index (Phi) is 4.65. The number of halogens is 3. The SMILES string of the molecule is O=C(O[C@H]1CCCCC1=O)c1ccc(-c2cccc(C(F)(F)F)c2)o1. The van der Waals surface area contributed by atoms with Crippen LogP contribution in [0.15, 0.2) is 40.8 Å². The first-order valence-corrected chi connectivity index (χ1v) is 7.86. The van der Waals surface area contributed by atoms with Crippen LogP contribution in [0.25, 0.3) is 11.3 Å². The minimum Gasteiger partial charge on any atom is -0.449 e. The van der Waals surface area contributed by atoms with Crippen molar-refractivity contribution in [1.82, 2.24) is 0 Å². The maximum absolute atomic E-state index is 12.8. The van der Waals surface area contributed by atoms with Crippen LogP contribution in [-0.4, -0.2) is 17.9 Å². The van der Waals surface area contributed by atoms with Crippen LogP contribution >= 0.6 is 0 Å². The maximum atomic E-state index is 12.8. The van der Waals surface area contributed by atoms with Crippen molar-refractivity contribution in [3.63, 3.8) is 0 Å². The summed E-state index contributed by atoms with van der Waals surface area (Å²) in [6.07, 6.45) is -2.79. The molecule has 1 aromatic carbocycles. The molecule has 1 aromatic heterocycles. The van der Waals surface area contributed by atoms with E-state index < -0.39 is 23.8 Å². The summed E-state index contributed by atoms with van der Waals surface area (Å²) >= 11 is 0. The zero-order chi connectivity index (χ0) is 18.0. The van der Waals surface area contributed by atoms with E-state index in [0.29, 0.717) is 12.8 Å². The molecule has 0 spiro atoms. The van der Waals surface area contributed by atoms with E-state index in [0.717, 1.165) is 25.0 Å². The van der Waals surface area contributed by atoms with Crippen molar-refractivity contribution in [2.45, 2.75) is 38.0 Å². The van der Waals surface area contributed by atoms with Gasteiger partial charge in [0, 0.05) is 12.0 Å². The monoisotopic (exact) mass is 352 g/mol. The normalized spacial score (nSPS) is 18.2. The van der Waals surface area contributed by atoms with Gasteiger partial charge in [-0.2, -0.15) is 13.2 Å². The molecule has 0 radical (unpaired) electrons. The standard InChI is InChI=1S/C18H15F3O4/c19-18(20,21)12-5-3-4-11(10-12)14-8-9-16(24-14)17(23)25-15-7-2-1-6-13(15)22/h3-5,8-10,15H,1-2,6-7H2/t15-/m0/s1. The quantitative estimate of drug-likeness (QED) is 0.756. The van der Waals surface area contributed by atoms with Crippen molar-refractivity contribution < 1.29 is 31.9 Å². The van der Waals surface area contributed by atoms with Gasteiger partial charge < -0.3 is 9.15 Å². The Morgan fingerprint density at radius 3 is 2.68 bits per heavy atom. The van der Waals surface area contributed by atoms with Crippen molar-refractivity contribution in [3.05, 3.63) is 47.7 Å². The van der Waals surface area contributed by atoms with Gasteiger partial charge in [-0.15, -0.1) is 0 Å². The second kappa shape index (κ2) is 6.74. The molecule has 2 aromatic rings. The molecule has 0 bridgehead atoms. The topological polar surface area (TPSA) is 56.5 Å². The summed E-state index contributed by atoms with van der Waals surface area (Å²) in [6, 6.07) is 7.34. The van der Waals surface area contributed by atoms with Crippen molar-refractivity contribution in [3.8, 4) is 11.3 Å². The Bertz CT molecular complexity index is 792. The molecule has 1 aliphatic carbocycles. The number of carbonyl (C=O) groups excluding carboxylic acids is 2. The molecule has 1 fully saturated rings. The molecule has 25 heavy (non-hydrogen) atoms. The molecule has 1 saturated carbocycles. The van der Waals surface area contributed by atoms with Gasteiger partial charge in [0.15, 0.2) is 11.9 Å².